The van der Waals surface area contributed by atoms with Crippen LogP contribution in [0.25, 0.3) is 0 Å². The van der Waals surface area contributed by atoms with Gasteiger partial charge in [-0.15, -0.1) is 0 Å². The van der Waals surface area contributed by atoms with E-state index in [1.54, 1.807) is 0 Å². The number of nitrogens with zero attached hydrogens (tertiary/aromatic N) is 1. The van der Waals surface area contributed by atoms with Crippen LogP contribution in [0.2, 0.25) is 0 Å². The predicted octanol–water partition coefficient (Wildman–Crippen LogP) is 2.01. The molecular formula is C15H21F2N3O. The van der Waals surface area contributed by atoms with Gasteiger partial charge in [0.1, 0.15) is 5.82 Å². The first kappa shape index (κ1) is 15.7. The first-order valence-electron chi connectivity index (χ1n) is 7.22. The Hall–Kier alpha value is -1.69. The maximum absolute atomic E-state index is 13.7. The smallest absolute Gasteiger partial charge is 0.254 e. The van der Waals surface area contributed by atoms with Crippen LogP contribution in [-0.4, -0.2) is 37.0 Å². The van der Waals surface area contributed by atoms with E-state index in [-0.39, 0.29) is 11.3 Å². The van der Waals surface area contributed by atoms with Gasteiger partial charge in [-0.05, 0) is 44.0 Å². The van der Waals surface area contributed by atoms with Crippen molar-refractivity contribution in [3.05, 3.63) is 29.3 Å². The molecule has 0 radical (unpaired) electrons. The zero-order valence-corrected chi connectivity index (χ0v) is 12.2. The average molecular weight is 297 g/mol. The van der Waals surface area contributed by atoms with Gasteiger partial charge in [0.2, 0.25) is 0 Å². The second-order valence-corrected chi connectivity index (χ2v) is 5.64. The van der Waals surface area contributed by atoms with E-state index in [0.29, 0.717) is 13.1 Å². The Morgan fingerprint density at radius 2 is 2.05 bits per heavy atom. The van der Waals surface area contributed by atoms with E-state index < -0.39 is 17.5 Å². The van der Waals surface area contributed by atoms with Crippen LogP contribution in [0.1, 0.15) is 30.1 Å². The number of likely N-dealkylation sites (tertiary alicyclic amines) is 1. The Labute approximate surface area is 123 Å². The minimum atomic E-state index is -0.874. The van der Waals surface area contributed by atoms with E-state index >= 15 is 0 Å². The van der Waals surface area contributed by atoms with Crippen molar-refractivity contribution in [2.24, 2.45) is 5.92 Å². The van der Waals surface area contributed by atoms with Crippen LogP contribution >= 0.6 is 0 Å². The molecule has 1 saturated heterocycles. The van der Waals surface area contributed by atoms with Gasteiger partial charge in [0.15, 0.2) is 5.82 Å². The molecule has 116 valence electrons. The van der Waals surface area contributed by atoms with Crippen molar-refractivity contribution in [2.45, 2.75) is 19.8 Å². The molecule has 0 saturated carbocycles. The molecule has 2 rings (SSSR count). The fourth-order valence-electron chi connectivity index (χ4n) is 2.48. The third kappa shape index (κ3) is 4.14. The van der Waals surface area contributed by atoms with Crippen molar-refractivity contribution < 1.29 is 13.6 Å². The summed E-state index contributed by atoms with van der Waals surface area (Å²) in [5.74, 6) is -1.48. The average Bonchev–Trinajstić information content (AvgIpc) is 2.44. The summed E-state index contributed by atoms with van der Waals surface area (Å²) in [6.07, 6.45) is 2.31. The molecule has 0 spiro atoms. The fraction of sp³-hybridized carbons (Fsp3) is 0.533. The normalized spacial score (nSPS) is 16.9. The molecule has 1 fully saturated rings. The number of nitrogens with two attached hydrogens (primary N) is 1. The van der Waals surface area contributed by atoms with E-state index in [2.05, 4.69) is 17.1 Å². The molecule has 1 aliphatic rings. The van der Waals surface area contributed by atoms with E-state index in [9.17, 15) is 13.6 Å². The van der Waals surface area contributed by atoms with Crippen LogP contribution in [0.3, 0.4) is 0 Å². The van der Waals surface area contributed by atoms with Gasteiger partial charge in [-0.25, -0.2) is 8.78 Å². The molecule has 1 heterocycles. The molecule has 0 aromatic heterocycles. The van der Waals surface area contributed by atoms with Crippen LogP contribution < -0.4 is 11.1 Å². The number of amides is 1. The lowest BCUT2D eigenvalue weighted by Crippen LogP contribution is -2.39. The molecule has 21 heavy (non-hydrogen) atoms. The topological polar surface area (TPSA) is 58.4 Å². The highest BCUT2D eigenvalue weighted by Gasteiger charge is 2.18. The van der Waals surface area contributed by atoms with Gasteiger partial charge >= 0.3 is 0 Å². The minimum Gasteiger partial charge on any atom is -0.396 e. The number of piperidine rings is 1. The lowest BCUT2D eigenvalue weighted by molar-refractivity contribution is 0.0940. The third-order valence-electron chi connectivity index (χ3n) is 3.90. The summed E-state index contributed by atoms with van der Waals surface area (Å²) in [6, 6.07) is 1.73. The number of benzene rings is 1. The number of rotatable bonds is 4. The number of halogens is 2. The first-order valence-corrected chi connectivity index (χ1v) is 7.22. The predicted molar refractivity (Wildman–Crippen MR) is 77.9 cm³/mol. The summed E-state index contributed by atoms with van der Waals surface area (Å²) in [7, 11) is 0. The highest BCUT2D eigenvalue weighted by atomic mass is 19.1. The van der Waals surface area contributed by atoms with Gasteiger partial charge in [-0.1, -0.05) is 6.92 Å². The van der Waals surface area contributed by atoms with Crippen LogP contribution in [0, 0.1) is 17.6 Å². The van der Waals surface area contributed by atoms with Crippen LogP contribution in [0.4, 0.5) is 14.5 Å². The minimum absolute atomic E-state index is 0.347. The summed E-state index contributed by atoms with van der Waals surface area (Å²) in [5, 5.41) is 2.61. The standard InChI is InChI=1S/C15H21F2N3O/c1-10-2-5-20(6-3-10)7-4-19-15(21)12-8-11(16)9-13(18)14(12)17/h8-10H,2-7,18H2,1H3,(H,19,21). The fourth-order valence-corrected chi connectivity index (χ4v) is 2.48. The largest absolute Gasteiger partial charge is 0.396 e. The van der Waals surface area contributed by atoms with Crippen molar-refractivity contribution in [2.75, 3.05) is 31.9 Å². The van der Waals surface area contributed by atoms with Crippen LogP contribution in [0.15, 0.2) is 12.1 Å². The molecule has 0 bridgehead atoms. The zero-order chi connectivity index (χ0) is 15.4. The second kappa shape index (κ2) is 6.85. The van der Waals surface area contributed by atoms with Crippen molar-refractivity contribution in [1.82, 2.24) is 10.2 Å². The molecule has 4 nitrogen and oxygen atoms in total. The molecule has 1 amide bonds. The molecule has 1 aliphatic heterocycles. The number of carbonyl (C=O) groups is 1. The Morgan fingerprint density at radius 1 is 1.38 bits per heavy atom. The third-order valence-corrected chi connectivity index (χ3v) is 3.90. The molecule has 1 aromatic carbocycles. The zero-order valence-electron chi connectivity index (χ0n) is 12.2. The van der Waals surface area contributed by atoms with Crippen LogP contribution in [0.5, 0.6) is 0 Å². The molecule has 1 aromatic rings. The van der Waals surface area contributed by atoms with Gasteiger partial charge < -0.3 is 16.0 Å². The maximum Gasteiger partial charge on any atom is 0.254 e. The molecule has 0 aliphatic carbocycles. The van der Waals surface area contributed by atoms with Crippen molar-refractivity contribution in [3.8, 4) is 0 Å². The molecular weight excluding hydrogens is 276 g/mol. The van der Waals surface area contributed by atoms with Crippen molar-refractivity contribution in [1.29, 1.82) is 0 Å². The van der Waals surface area contributed by atoms with Crippen molar-refractivity contribution >= 4 is 11.6 Å². The Morgan fingerprint density at radius 3 is 2.71 bits per heavy atom. The number of nitrogens with one attached hydrogen (secondary N) is 1. The summed E-state index contributed by atoms with van der Waals surface area (Å²) < 4.78 is 26.9. The monoisotopic (exact) mass is 297 g/mol. The van der Waals surface area contributed by atoms with E-state index in [1.165, 1.54) is 0 Å². The number of anilines is 1. The van der Waals surface area contributed by atoms with E-state index in [0.717, 1.165) is 44.0 Å². The van der Waals surface area contributed by atoms with E-state index in [1.807, 2.05) is 0 Å². The number of hydrogen-bond donors (Lipinski definition) is 2. The second-order valence-electron chi connectivity index (χ2n) is 5.64. The molecule has 6 heteroatoms. The Balaban J connectivity index is 1.85. The number of nitrogen functional groups attached to an aromatic ring is 1. The summed E-state index contributed by atoms with van der Waals surface area (Å²) in [5.41, 5.74) is 4.61. The van der Waals surface area contributed by atoms with Gasteiger partial charge in [-0.3, -0.25) is 4.79 Å². The van der Waals surface area contributed by atoms with E-state index in [4.69, 9.17) is 5.73 Å². The molecule has 0 unspecified atom stereocenters. The van der Waals surface area contributed by atoms with Gasteiger partial charge in [0.25, 0.3) is 5.91 Å². The SMILES string of the molecule is CC1CCN(CCNC(=O)c2cc(F)cc(N)c2F)CC1. The lowest BCUT2D eigenvalue weighted by Gasteiger charge is -2.30. The van der Waals surface area contributed by atoms with Crippen LogP contribution in [-0.2, 0) is 0 Å². The highest BCUT2D eigenvalue weighted by Crippen LogP contribution is 2.17. The number of carbonyl (C=O) groups excluding carboxylic acids is 1. The molecule has 3 N–H and O–H groups in total. The summed E-state index contributed by atoms with van der Waals surface area (Å²) >= 11 is 0. The quantitative estimate of drug-likeness (QED) is 0.836. The van der Waals surface area contributed by atoms with Gasteiger partial charge in [0, 0.05) is 13.1 Å². The van der Waals surface area contributed by atoms with Gasteiger partial charge in [-0.2, -0.15) is 0 Å². The van der Waals surface area contributed by atoms with Gasteiger partial charge in [0.05, 0.1) is 11.3 Å². The summed E-state index contributed by atoms with van der Waals surface area (Å²) in [4.78, 5) is 14.1. The maximum atomic E-state index is 13.7. The highest BCUT2D eigenvalue weighted by molar-refractivity contribution is 5.95. The molecule has 0 atom stereocenters. The summed E-state index contributed by atoms with van der Waals surface area (Å²) in [6.45, 7) is 5.38. The number of hydrogen-bond acceptors (Lipinski definition) is 3. The first-order chi connectivity index (χ1) is 9.97. The van der Waals surface area contributed by atoms with Crippen molar-refractivity contribution in [3.63, 3.8) is 0 Å². The Kier molecular flexibility index (Phi) is 5.12. The lowest BCUT2D eigenvalue weighted by atomic mass is 9.99. The Bertz CT molecular complexity index is 514.